The molecular weight excluding hydrogens is 1050 g/mol. The lowest BCUT2D eigenvalue weighted by Gasteiger charge is -2.58. The lowest BCUT2D eigenvalue weighted by Crippen LogP contribution is -2.60. The van der Waals surface area contributed by atoms with Crippen LogP contribution in [0.2, 0.25) is 0 Å². The minimum Gasteiger partial charge on any atom is -0.497 e. The van der Waals surface area contributed by atoms with Gasteiger partial charge in [-0.3, -0.25) is 29.6 Å². The quantitative estimate of drug-likeness (QED) is 0.0542. The number of amides is 1. The summed E-state index contributed by atoms with van der Waals surface area (Å²) in [6.45, 7) is 11.6. The summed E-state index contributed by atoms with van der Waals surface area (Å²) in [7, 11) is -1.77. The number of hydrogen-bond acceptors (Lipinski definition) is 16. The summed E-state index contributed by atoms with van der Waals surface area (Å²) < 4.78 is 83.4. The van der Waals surface area contributed by atoms with Crippen molar-refractivity contribution in [3.8, 4) is 23.1 Å². The number of likely N-dealkylation sites (tertiary alicyclic amines) is 1. The van der Waals surface area contributed by atoms with Crippen LogP contribution in [0.5, 0.6) is 23.1 Å². The Kier molecular flexibility index (Phi) is 15.5. The summed E-state index contributed by atoms with van der Waals surface area (Å²) in [5.41, 5.74) is 2.49. The van der Waals surface area contributed by atoms with E-state index in [4.69, 9.17) is 18.9 Å². The first-order chi connectivity index (χ1) is 38.5. The van der Waals surface area contributed by atoms with Gasteiger partial charge in [0.1, 0.15) is 33.5 Å². The van der Waals surface area contributed by atoms with Gasteiger partial charge in [0.15, 0.2) is 5.75 Å². The van der Waals surface area contributed by atoms with Crippen LogP contribution in [-0.4, -0.2) is 146 Å². The molecule has 7 heterocycles. The molecule has 3 aromatic heterocycles. The Morgan fingerprint density at radius 1 is 0.925 bits per heavy atom. The van der Waals surface area contributed by atoms with Gasteiger partial charge < -0.3 is 34.1 Å². The van der Waals surface area contributed by atoms with Gasteiger partial charge in [-0.2, -0.15) is 4.98 Å². The molecule has 6 aromatic rings. The van der Waals surface area contributed by atoms with Gasteiger partial charge in [-0.15, -0.1) is 0 Å². The first-order valence-corrected chi connectivity index (χ1v) is 28.9. The zero-order valence-corrected chi connectivity index (χ0v) is 46.3. The Morgan fingerprint density at radius 2 is 1.68 bits per heavy atom. The largest absolute Gasteiger partial charge is 0.497 e. The van der Waals surface area contributed by atoms with Crippen molar-refractivity contribution in [1.82, 2.24) is 34.4 Å². The number of methoxy groups -OCH3 is 2. The second kappa shape index (κ2) is 22.5. The van der Waals surface area contributed by atoms with E-state index in [1.54, 1.807) is 19.2 Å². The number of H-pyrrole nitrogens is 1. The van der Waals surface area contributed by atoms with E-state index in [1.807, 2.05) is 16.9 Å². The number of aromatic nitrogens is 3. The van der Waals surface area contributed by atoms with Gasteiger partial charge in [-0.1, -0.05) is 50.2 Å². The van der Waals surface area contributed by atoms with E-state index in [-0.39, 0.29) is 76.7 Å². The van der Waals surface area contributed by atoms with Crippen molar-refractivity contribution >= 4 is 44.2 Å². The van der Waals surface area contributed by atoms with Crippen molar-refractivity contribution in [1.29, 1.82) is 0 Å². The van der Waals surface area contributed by atoms with E-state index < -0.39 is 42.9 Å². The molecule has 3 aromatic carbocycles. The average Bonchev–Trinajstić information content (AvgIpc) is 3.80. The zero-order chi connectivity index (χ0) is 55.9. The van der Waals surface area contributed by atoms with E-state index in [2.05, 4.69) is 90.1 Å². The van der Waals surface area contributed by atoms with Gasteiger partial charge in [-0.05, 0) is 90.8 Å². The molecule has 5 fully saturated rings. The van der Waals surface area contributed by atoms with Crippen molar-refractivity contribution in [2.24, 2.45) is 5.41 Å². The molecule has 424 valence electrons. The van der Waals surface area contributed by atoms with Crippen LogP contribution in [0.25, 0.3) is 11.0 Å². The summed E-state index contributed by atoms with van der Waals surface area (Å²) in [6, 6.07) is 25.1. The molecule has 22 heteroatoms. The van der Waals surface area contributed by atoms with E-state index >= 15 is 4.39 Å². The van der Waals surface area contributed by atoms with Crippen molar-refractivity contribution in [2.45, 2.75) is 93.5 Å². The number of carbonyl (C=O) groups is 1. The minimum atomic E-state index is -4.82. The zero-order valence-electron chi connectivity index (χ0n) is 45.5. The van der Waals surface area contributed by atoms with Crippen LogP contribution < -0.4 is 29.1 Å². The fraction of sp³-hybridized carbons (Fsp3) is 0.466. The highest BCUT2D eigenvalue weighted by atomic mass is 32.2. The van der Waals surface area contributed by atoms with Crippen LogP contribution in [0.1, 0.15) is 91.4 Å². The third kappa shape index (κ3) is 11.4. The molecule has 1 aliphatic carbocycles. The molecule has 80 heavy (non-hydrogen) atoms. The van der Waals surface area contributed by atoms with E-state index in [9.17, 15) is 27.7 Å². The minimum absolute atomic E-state index is 0.0308. The number of piperazine rings is 1. The van der Waals surface area contributed by atoms with Crippen LogP contribution in [0.15, 0.2) is 96.2 Å². The topological polar surface area (TPSA) is 210 Å². The van der Waals surface area contributed by atoms with Crippen molar-refractivity contribution in [2.75, 3.05) is 90.0 Å². The van der Waals surface area contributed by atoms with E-state index in [0.717, 1.165) is 76.1 Å². The molecule has 0 unspecified atom stereocenters. The molecule has 0 bridgehead atoms. The fourth-order valence-electron chi connectivity index (χ4n) is 12.4. The van der Waals surface area contributed by atoms with E-state index in [1.165, 1.54) is 35.9 Å². The van der Waals surface area contributed by atoms with Gasteiger partial charge in [-0.25, -0.2) is 26.9 Å². The average molecular weight is 1120 g/mol. The summed E-state index contributed by atoms with van der Waals surface area (Å²) in [4.78, 5) is 45.9. The van der Waals surface area contributed by atoms with E-state index in [0.29, 0.717) is 57.0 Å². The Bertz CT molecular complexity index is 3360. The second-order valence-electron chi connectivity index (χ2n) is 22.4. The number of piperidine rings is 2. The van der Waals surface area contributed by atoms with Crippen LogP contribution >= 0.6 is 0 Å². The monoisotopic (exact) mass is 1120 g/mol. The molecular formula is C58H68F2N10O9S. The molecule has 1 saturated carbocycles. The predicted molar refractivity (Wildman–Crippen MR) is 298 cm³/mol. The number of nitro groups is 1. The third-order valence-electron chi connectivity index (χ3n) is 17.2. The van der Waals surface area contributed by atoms with Gasteiger partial charge in [0.05, 0.1) is 62.1 Å². The highest BCUT2D eigenvalue weighted by Crippen LogP contribution is 2.53. The van der Waals surface area contributed by atoms with Gasteiger partial charge in [0, 0.05) is 94.5 Å². The molecule has 1 atom stereocenters. The Morgan fingerprint density at radius 3 is 2.36 bits per heavy atom. The summed E-state index contributed by atoms with van der Waals surface area (Å²) in [6.07, 6.45) is 6.43. The summed E-state index contributed by atoms with van der Waals surface area (Å²) in [5.74, 6) is -0.958. The van der Waals surface area contributed by atoms with Crippen LogP contribution in [-0.2, 0) is 21.3 Å². The fourth-order valence-corrected chi connectivity index (χ4v) is 13.3. The molecule has 4 saturated heterocycles. The summed E-state index contributed by atoms with van der Waals surface area (Å²) in [5, 5.41) is 15.1. The highest BCUT2D eigenvalue weighted by molar-refractivity contribution is 7.90. The Labute approximate surface area is 464 Å². The number of nitrogens with zero attached hydrogens (tertiary/aromatic N) is 7. The van der Waals surface area contributed by atoms with Crippen LogP contribution in [0.3, 0.4) is 0 Å². The molecule has 1 amide bonds. The van der Waals surface area contributed by atoms with Gasteiger partial charge in [0.25, 0.3) is 21.8 Å². The molecule has 11 rings (SSSR count). The number of nitrogens with one attached hydrogen (secondary N) is 3. The number of ether oxygens (including phenoxy) is 4. The number of sulfonamides is 1. The number of alkyl halides is 1. The normalized spacial score (nSPS) is 20.1. The number of pyridine rings is 2. The predicted octanol–water partition coefficient (Wildman–Crippen LogP) is 8.98. The molecule has 0 radical (unpaired) electrons. The standard InChI is InChI=1S/C58H68F2N10O9S/c1-37(2)44-7-5-6-8-45(44)50-33-66(32-38-9-12-42(76-3)13-10-38)23-24-69(50)40-28-57(29-40)15-19-67(20-16-57)39-11-14-46(51(25-39)79-52-27-47-48(59)31-62-53(47)64-56(52)77-4)55(71)65-80(74,75)43-26-49(70(72)73)54(61-30-43)63-36-58(60)17-21-68(22-18-58)41-34-78-35-41/h5-14,25-27,30-31,37,40-41,50H,15-24,28-29,32-36H2,1-4H3,(H,61,63)(H,62,64)(H,65,71)/t50-/m0/s1. The lowest BCUT2D eigenvalue weighted by molar-refractivity contribution is -0.384. The van der Waals surface area contributed by atoms with Gasteiger partial charge >= 0.3 is 5.69 Å². The number of fused-ring (bicyclic) bond motifs is 1. The molecule has 5 aliphatic rings. The third-order valence-corrected chi connectivity index (χ3v) is 18.5. The number of benzene rings is 3. The van der Waals surface area contributed by atoms with Crippen molar-refractivity contribution in [3.05, 3.63) is 129 Å². The molecule has 19 nitrogen and oxygen atoms in total. The number of rotatable bonds is 18. The Balaban J connectivity index is 0.794. The Hall–Kier alpha value is -6.98. The maximum Gasteiger partial charge on any atom is 0.312 e. The number of carbonyl (C=O) groups excluding carboxylic acids is 1. The number of aromatic amines is 1. The number of anilines is 2. The first kappa shape index (κ1) is 55.0. The SMILES string of the molecule is COc1ccc(CN2CCN(C3CC4(CCN(c5ccc(C(=O)NS(=O)(=O)c6cnc(NCC7(F)CCN(C8COC8)CC7)c([N+](=O)[O-])c6)c(Oc6cc7c(F)c[nH]c7nc6OC)c5)CC4)C3)[C@H](c3ccccc3C(C)C)C2)cc1. The molecule has 4 aliphatic heterocycles. The van der Waals surface area contributed by atoms with Crippen molar-refractivity contribution < 1.29 is 45.9 Å². The number of hydrogen-bond donors (Lipinski definition) is 3. The van der Waals surface area contributed by atoms with Crippen LogP contribution in [0.4, 0.5) is 26.0 Å². The van der Waals surface area contributed by atoms with Crippen molar-refractivity contribution in [3.63, 3.8) is 0 Å². The van der Waals surface area contributed by atoms with Crippen LogP contribution in [0, 0.1) is 21.3 Å². The lowest BCUT2D eigenvalue weighted by atomic mass is 9.59. The highest BCUT2D eigenvalue weighted by Gasteiger charge is 2.50. The maximum atomic E-state index is 15.9. The summed E-state index contributed by atoms with van der Waals surface area (Å²) >= 11 is 0. The smallest absolute Gasteiger partial charge is 0.312 e. The second-order valence-corrected chi connectivity index (χ2v) is 24.1. The van der Waals surface area contributed by atoms with Gasteiger partial charge in [0.2, 0.25) is 5.82 Å². The molecule has 3 N–H and O–H groups in total. The molecule has 1 spiro atoms. The first-order valence-electron chi connectivity index (χ1n) is 27.4. The maximum absolute atomic E-state index is 15.9. The number of halogens is 2.